The van der Waals surface area contributed by atoms with Crippen molar-refractivity contribution in [1.82, 2.24) is 15.3 Å². The van der Waals surface area contributed by atoms with Crippen LogP contribution in [0.5, 0.6) is 5.75 Å². The Morgan fingerprint density at radius 1 is 1.08 bits per heavy atom. The van der Waals surface area contributed by atoms with Gasteiger partial charge in [-0.15, -0.1) is 0 Å². The van der Waals surface area contributed by atoms with Crippen molar-refractivity contribution in [3.8, 4) is 17.0 Å². The minimum absolute atomic E-state index is 0.0984. The van der Waals surface area contributed by atoms with Crippen LogP contribution in [0, 0.1) is 5.92 Å². The molecule has 38 heavy (non-hydrogen) atoms. The summed E-state index contributed by atoms with van der Waals surface area (Å²) in [7, 11) is -3.49. The summed E-state index contributed by atoms with van der Waals surface area (Å²) in [4.78, 5) is 22.3. The van der Waals surface area contributed by atoms with Crippen LogP contribution in [0.2, 0.25) is 0 Å². The molecule has 1 fully saturated rings. The van der Waals surface area contributed by atoms with E-state index >= 15 is 0 Å². The lowest BCUT2D eigenvalue weighted by atomic mass is 10.1. The number of nitrogens with one attached hydrogen (secondary N) is 1. The van der Waals surface area contributed by atoms with Crippen LogP contribution in [0.1, 0.15) is 34.5 Å². The maximum absolute atomic E-state index is 12.8. The summed E-state index contributed by atoms with van der Waals surface area (Å²) < 4.78 is 36.4. The molecule has 8 nitrogen and oxygen atoms in total. The summed E-state index contributed by atoms with van der Waals surface area (Å²) in [6, 6.07) is 18.4. The van der Waals surface area contributed by atoms with Crippen LogP contribution in [0.3, 0.4) is 0 Å². The number of amides is 1. The molecule has 194 valence electrons. The molecule has 4 aromatic rings. The van der Waals surface area contributed by atoms with Crippen LogP contribution in [0.25, 0.3) is 22.2 Å². The molecule has 2 aliphatic rings. The summed E-state index contributed by atoms with van der Waals surface area (Å²) in [5, 5.41) is 3.73. The molecule has 0 radical (unpaired) electrons. The quantitative estimate of drug-likeness (QED) is 0.380. The number of ether oxygens (including phenoxy) is 2. The van der Waals surface area contributed by atoms with E-state index in [4.69, 9.17) is 14.5 Å². The first-order valence-electron chi connectivity index (χ1n) is 12.7. The van der Waals surface area contributed by atoms with Crippen molar-refractivity contribution in [3.63, 3.8) is 0 Å². The predicted molar refractivity (Wildman–Crippen MR) is 143 cm³/mol. The molecular formula is C29H27N3O5S. The molecule has 9 heteroatoms. The Balaban J connectivity index is 1.18. The Hall–Kier alpha value is -3.82. The molecular weight excluding hydrogens is 502 g/mol. The summed E-state index contributed by atoms with van der Waals surface area (Å²) in [6.45, 7) is 1.29. The number of fused-ring (bicyclic) bond motifs is 2. The van der Waals surface area contributed by atoms with Crippen molar-refractivity contribution in [3.05, 3.63) is 83.7 Å². The Bertz CT molecular complexity index is 1630. The molecule has 0 spiro atoms. The van der Waals surface area contributed by atoms with Gasteiger partial charge in [0.05, 0.1) is 53.9 Å². The van der Waals surface area contributed by atoms with Gasteiger partial charge in [-0.2, -0.15) is 0 Å². The third kappa shape index (κ3) is 5.39. The van der Waals surface area contributed by atoms with Gasteiger partial charge in [0.25, 0.3) is 5.91 Å². The van der Waals surface area contributed by atoms with Crippen molar-refractivity contribution < 1.29 is 22.7 Å². The second-order valence-electron chi connectivity index (χ2n) is 9.72. The number of aromatic nitrogens is 2. The molecule has 6 rings (SSSR count). The number of rotatable bonds is 7. The zero-order chi connectivity index (χ0) is 26.1. The van der Waals surface area contributed by atoms with Gasteiger partial charge in [0.15, 0.2) is 9.84 Å². The van der Waals surface area contributed by atoms with E-state index in [1.807, 2.05) is 42.5 Å². The first-order valence-corrected chi connectivity index (χ1v) is 14.3. The number of hydrogen-bond acceptors (Lipinski definition) is 7. The van der Waals surface area contributed by atoms with E-state index < -0.39 is 9.84 Å². The van der Waals surface area contributed by atoms with Gasteiger partial charge in [-0.05, 0) is 66.8 Å². The van der Waals surface area contributed by atoms with Gasteiger partial charge >= 0.3 is 0 Å². The molecule has 3 heterocycles. The lowest BCUT2D eigenvalue weighted by Crippen LogP contribution is -2.23. The van der Waals surface area contributed by atoms with Gasteiger partial charge in [-0.3, -0.25) is 9.78 Å². The Labute approximate surface area is 221 Å². The highest BCUT2D eigenvalue weighted by Crippen LogP contribution is 2.31. The smallest absolute Gasteiger partial charge is 0.251 e. The fourth-order valence-corrected chi connectivity index (χ4v) is 5.79. The SMILES string of the molecule is O=C(NCc1cc2nc(-c3cccc(OCC4CC4)c3)ccc2cn1)c1ccc2c(c1)S(=O)(=O)CCOC2. The van der Waals surface area contributed by atoms with Crippen LogP contribution in [-0.4, -0.2) is 43.3 Å². The van der Waals surface area contributed by atoms with E-state index in [-0.39, 0.29) is 41.9 Å². The third-order valence-corrected chi connectivity index (χ3v) is 8.55. The number of nitrogens with zero attached hydrogens (tertiary/aromatic N) is 2. The van der Waals surface area contributed by atoms with Crippen molar-refractivity contribution >= 4 is 26.6 Å². The fourth-order valence-electron chi connectivity index (χ4n) is 4.40. The zero-order valence-electron chi connectivity index (χ0n) is 20.7. The number of carbonyl (C=O) groups excluding carboxylic acids is 1. The Morgan fingerprint density at radius 3 is 2.84 bits per heavy atom. The molecule has 0 bridgehead atoms. The maximum atomic E-state index is 12.8. The van der Waals surface area contributed by atoms with E-state index in [9.17, 15) is 13.2 Å². The van der Waals surface area contributed by atoms with Crippen LogP contribution in [0.15, 0.2) is 71.8 Å². The molecule has 1 aliphatic heterocycles. The van der Waals surface area contributed by atoms with E-state index in [0.717, 1.165) is 34.5 Å². The van der Waals surface area contributed by atoms with E-state index in [2.05, 4.69) is 10.3 Å². The average Bonchev–Trinajstić information content (AvgIpc) is 3.78. The maximum Gasteiger partial charge on any atom is 0.251 e. The fraction of sp³-hybridized carbons (Fsp3) is 0.276. The van der Waals surface area contributed by atoms with E-state index in [0.29, 0.717) is 17.2 Å². The minimum atomic E-state index is -3.49. The summed E-state index contributed by atoms with van der Waals surface area (Å²) in [5.74, 6) is 1.05. The second kappa shape index (κ2) is 10.2. The standard InChI is InChI=1S/C29H27N3O5S/c33-29(21-6-7-23-18-36-10-11-38(34,35)28(23)13-21)31-16-24-14-27-22(15-30-24)8-9-26(32-27)20-2-1-3-25(12-20)37-17-19-4-5-19/h1-3,6-9,12-15,19H,4-5,10-11,16-18H2,(H,31,33). The van der Waals surface area contributed by atoms with Gasteiger partial charge in [0, 0.05) is 22.7 Å². The van der Waals surface area contributed by atoms with Gasteiger partial charge < -0.3 is 14.8 Å². The highest BCUT2D eigenvalue weighted by molar-refractivity contribution is 7.91. The van der Waals surface area contributed by atoms with Crippen LogP contribution < -0.4 is 10.1 Å². The lowest BCUT2D eigenvalue weighted by Gasteiger charge is -2.10. The Morgan fingerprint density at radius 2 is 1.97 bits per heavy atom. The van der Waals surface area contributed by atoms with Crippen LogP contribution >= 0.6 is 0 Å². The monoisotopic (exact) mass is 529 g/mol. The number of hydrogen-bond donors (Lipinski definition) is 1. The first kappa shape index (κ1) is 24.5. The molecule has 0 unspecified atom stereocenters. The molecule has 2 aromatic heterocycles. The predicted octanol–water partition coefficient (Wildman–Crippen LogP) is 4.32. The van der Waals surface area contributed by atoms with Crippen molar-refractivity contribution in [2.45, 2.75) is 30.9 Å². The number of benzene rings is 2. The highest BCUT2D eigenvalue weighted by atomic mass is 32.2. The molecule has 2 aromatic carbocycles. The van der Waals surface area contributed by atoms with Crippen molar-refractivity contribution in [2.24, 2.45) is 5.92 Å². The van der Waals surface area contributed by atoms with Gasteiger partial charge in [-0.25, -0.2) is 13.4 Å². The summed E-state index contributed by atoms with van der Waals surface area (Å²) in [6.07, 6.45) is 4.22. The first-order chi connectivity index (χ1) is 18.4. The van der Waals surface area contributed by atoms with Gasteiger partial charge in [-0.1, -0.05) is 18.2 Å². The molecule has 0 saturated heterocycles. The third-order valence-electron chi connectivity index (χ3n) is 6.79. The van der Waals surface area contributed by atoms with Crippen LogP contribution in [0.4, 0.5) is 0 Å². The number of carbonyl (C=O) groups is 1. The summed E-state index contributed by atoms with van der Waals surface area (Å²) in [5.41, 5.74) is 4.05. The second-order valence-corrected chi connectivity index (χ2v) is 11.8. The number of sulfone groups is 1. The zero-order valence-corrected chi connectivity index (χ0v) is 21.5. The van der Waals surface area contributed by atoms with E-state index in [1.165, 1.54) is 18.9 Å². The number of pyridine rings is 2. The van der Waals surface area contributed by atoms with E-state index in [1.54, 1.807) is 18.3 Å². The Kier molecular flexibility index (Phi) is 6.55. The molecule has 1 aliphatic carbocycles. The molecule has 0 atom stereocenters. The largest absolute Gasteiger partial charge is 0.493 e. The average molecular weight is 530 g/mol. The van der Waals surface area contributed by atoms with Gasteiger partial charge in [0.2, 0.25) is 0 Å². The molecule has 1 N–H and O–H groups in total. The van der Waals surface area contributed by atoms with Gasteiger partial charge in [0.1, 0.15) is 5.75 Å². The topological polar surface area (TPSA) is 107 Å². The van der Waals surface area contributed by atoms with Crippen molar-refractivity contribution in [1.29, 1.82) is 0 Å². The molecule has 1 amide bonds. The lowest BCUT2D eigenvalue weighted by molar-refractivity contribution is 0.0950. The van der Waals surface area contributed by atoms with Crippen LogP contribution in [-0.2, 0) is 27.7 Å². The summed E-state index contributed by atoms with van der Waals surface area (Å²) >= 11 is 0. The molecule has 1 saturated carbocycles. The normalized spacial score (nSPS) is 16.4. The minimum Gasteiger partial charge on any atom is -0.493 e. The van der Waals surface area contributed by atoms with Crippen molar-refractivity contribution in [2.75, 3.05) is 19.0 Å². The highest BCUT2D eigenvalue weighted by Gasteiger charge is 2.24.